The van der Waals surface area contributed by atoms with Gasteiger partial charge in [0.2, 0.25) is 5.78 Å². The van der Waals surface area contributed by atoms with E-state index < -0.39 is 0 Å². The van der Waals surface area contributed by atoms with Crippen molar-refractivity contribution in [2.45, 2.75) is 33.9 Å². The van der Waals surface area contributed by atoms with Crippen LogP contribution in [0.25, 0.3) is 16.9 Å². The maximum atomic E-state index is 13.2. The van der Waals surface area contributed by atoms with E-state index in [9.17, 15) is 9.59 Å². The fourth-order valence-corrected chi connectivity index (χ4v) is 3.77. The summed E-state index contributed by atoms with van der Waals surface area (Å²) in [4.78, 5) is 30.7. The highest BCUT2D eigenvalue weighted by Gasteiger charge is 2.22. The van der Waals surface area contributed by atoms with Gasteiger partial charge in [-0.15, -0.1) is 0 Å². The Morgan fingerprint density at radius 3 is 2.45 bits per heavy atom. The zero-order valence-electron chi connectivity index (χ0n) is 17.2. The fraction of sp³-hybridized carbons (Fsp3) is 0.381. The van der Waals surface area contributed by atoms with Crippen LogP contribution in [0.4, 0.5) is 0 Å². The minimum absolute atomic E-state index is 0.214. The summed E-state index contributed by atoms with van der Waals surface area (Å²) in [7, 11) is 1.65. The van der Waals surface area contributed by atoms with Crippen molar-refractivity contribution >= 4 is 16.9 Å². The summed E-state index contributed by atoms with van der Waals surface area (Å²) in [5.41, 5.74) is 3.21. The number of fused-ring (bicyclic) bond motifs is 3. The Morgan fingerprint density at radius 1 is 1.03 bits per heavy atom. The van der Waals surface area contributed by atoms with Crippen LogP contribution in [0.5, 0.6) is 0 Å². The maximum Gasteiger partial charge on any atom is 0.332 e. The summed E-state index contributed by atoms with van der Waals surface area (Å²) in [5, 5.41) is 0. The quantitative estimate of drug-likeness (QED) is 0.467. The normalized spacial score (nSPS) is 11.7. The number of hydrogen-bond donors (Lipinski definition) is 0. The molecule has 0 amide bonds. The van der Waals surface area contributed by atoms with E-state index in [1.165, 1.54) is 9.13 Å². The summed E-state index contributed by atoms with van der Waals surface area (Å²) in [6.45, 7) is 7.58. The fourth-order valence-electron chi connectivity index (χ4n) is 3.77. The molecule has 0 aliphatic rings. The molecule has 0 unspecified atom stereocenters. The highest BCUT2D eigenvalue weighted by atomic mass is 16.5. The Labute approximate surface area is 167 Å². The molecule has 8 heteroatoms. The van der Waals surface area contributed by atoms with E-state index in [2.05, 4.69) is 16.7 Å². The van der Waals surface area contributed by atoms with Crippen molar-refractivity contribution in [2.24, 2.45) is 7.05 Å². The Bertz CT molecular complexity index is 1310. The first-order chi connectivity index (χ1) is 14.0. The van der Waals surface area contributed by atoms with Crippen LogP contribution in [-0.2, 0) is 24.9 Å². The molecular formula is C21H25N5O3. The molecule has 0 spiro atoms. The van der Waals surface area contributed by atoms with Gasteiger partial charge in [0.15, 0.2) is 11.2 Å². The Hall–Kier alpha value is -3.13. The SMILES string of the molecule is CCOCCn1c(=O)c2c(nc3n(Cc4ccccc4)c(C)c(C)n23)n(C)c1=O. The number of ether oxygens (including phenoxy) is 1. The average Bonchev–Trinajstić information content (AvgIpc) is 3.22. The van der Waals surface area contributed by atoms with Gasteiger partial charge < -0.3 is 9.30 Å². The van der Waals surface area contributed by atoms with Gasteiger partial charge in [0.05, 0.1) is 19.7 Å². The molecule has 8 nitrogen and oxygen atoms in total. The number of hydrogen-bond acceptors (Lipinski definition) is 4. The smallest absolute Gasteiger partial charge is 0.332 e. The van der Waals surface area contributed by atoms with Crippen LogP contribution in [0.1, 0.15) is 23.9 Å². The van der Waals surface area contributed by atoms with Crippen LogP contribution < -0.4 is 11.2 Å². The molecule has 1 aromatic carbocycles. The van der Waals surface area contributed by atoms with E-state index >= 15 is 0 Å². The van der Waals surface area contributed by atoms with Crippen molar-refractivity contribution in [1.82, 2.24) is 23.1 Å². The molecule has 0 N–H and O–H groups in total. The first kappa shape index (κ1) is 19.2. The third-order valence-corrected chi connectivity index (χ3v) is 5.48. The lowest BCUT2D eigenvalue weighted by atomic mass is 10.2. The number of aromatic nitrogens is 5. The van der Waals surface area contributed by atoms with Gasteiger partial charge >= 0.3 is 5.69 Å². The minimum atomic E-state index is -0.382. The van der Waals surface area contributed by atoms with Gasteiger partial charge in [-0.25, -0.2) is 4.79 Å². The first-order valence-electron chi connectivity index (χ1n) is 9.75. The zero-order valence-corrected chi connectivity index (χ0v) is 17.2. The predicted octanol–water partition coefficient (Wildman–Crippen LogP) is 1.85. The van der Waals surface area contributed by atoms with Crippen LogP contribution >= 0.6 is 0 Å². The topological polar surface area (TPSA) is 75.5 Å². The van der Waals surface area contributed by atoms with E-state index in [-0.39, 0.29) is 17.8 Å². The van der Waals surface area contributed by atoms with Gasteiger partial charge in [-0.3, -0.25) is 18.3 Å². The Balaban J connectivity index is 1.98. The molecule has 0 atom stereocenters. The van der Waals surface area contributed by atoms with Crippen LogP contribution in [-0.4, -0.2) is 36.3 Å². The van der Waals surface area contributed by atoms with Gasteiger partial charge in [-0.1, -0.05) is 30.3 Å². The number of rotatable bonds is 6. The first-order valence-corrected chi connectivity index (χ1v) is 9.75. The molecule has 0 saturated heterocycles. The molecular weight excluding hydrogens is 370 g/mol. The average molecular weight is 395 g/mol. The molecule has 0 saturated carbocycles. The largest absolute Gasteiger partial charge is 0.380 e. The second kappa shape index (κ2) is 7.36. The second-order valence-electron chi connectivity index (χ2n) is 7.16. The van der Waals surface area contributed by atoms with E-state index in [1.54, 1.807) is 7.05 Å². The minimum Gasteiger partial charge on any atom is -0.380 e. The monoisotopic (exact) mass is 395 g/mol. The van der Waals surface area contributed by atoms with Crippen LogP contribution in [0, 0.1) is 13.8 Å². The van der Waals surface area contributed by atoms with Crippen molar-refractivity contribution in [3.63, 3.8) is 0 Å². The lowest BCUT2D eigenvalue weighted by molar-refractivity contribution is 0.137. The molecule has 0 fully saturated rings. The van der Waals surface area contributed by atoms with Gasteiger partial charge in [0, 0.05) is 25.0 Å². The highest BCUT2D eigenvalue weighted by Crippen LogP contribution is 2.21. The number of imidazole rings is 2. The number of benzene rings is 1. The lowest BCUT2D eigenvalue weighted by Gasteiger charge is -2.08. The predicted molar refractivity (Wildman–Crippen MR) is 112 cm³/mol. The van der Waals surface area contributed by atoms with Crippen molar-refractivity contribution in [3.8, 4) is 0 Å². The molecule has 0 bridgehead atoms. The van der Waals surface area contributed by atoms with Gasteiger partial charge in [-0.2, -0.15) is 4.98 Å². The zero-order chi connectivity index (χ0) is 20.7. The lowest BCUT2D eigenvalue weighted by Crippen LogP contribution is -2.40. The van der Waals surface area contributed by atoms with Crippen LogP contribution in [0.15, 0.2) is 39.9 Å². The van der Waals surface area contributed by atoms with Crippen molar-refractivity contribution in [1.29, 1.82) is 0 Å². The highest BCUT2D eigenvalue weighted by molar-refractivity contribution is 5.76. The third kappa shape index (κ3) is 3.00. The van der Waals surface area contributed by atoms with Crippen molar-refractivity contribution < 1.29 is 4.74 Å². The molecule has 0 aliphatic heterocycles. The number of nitrogens with zero attached hydrogens (tertiary/aromatic N) is 5. The molecule has 0 aliphatic carbocycles. The molecule has 152 valence electrons. The summed E-state index contributed by atoms with van der Waals surface area (Å²) < 4.78 is 12.0. The molecule has 29 heavy (non-hydrogen) atoms. The van der Waals surface area contributed by atoms with Crippen LogP contribution in [0.2, 0.25) is 0 Å². The van der Waals surface area contributed by atoms with Gasteiger partial charge in [0.25, 0.3) is 5.56 Å². The second-order valence-corrected chi connectivity index (χ2v) is 7.16. The Morgan fingerprint density at radius 2 is 1.76 bits per heavy atom. The van der Waals surface area contributed by atoms with E-state index in [0.29, 0.717) is 36.7 Å². The molecule has 0 radical (unpaired) electrons. The van der Waals surface area contributed by atoms with Gasteiger partial charge in [-0.05, 0) is 26.3 Å². The third-order valence-electron chi connectivity index (χ3n) is 5.48. The summed E-state index contributed by atoms with van der Waals surface area (Å²) in [6.07, 6.45) is 0. The molecule has 3 aromatic heterocycles. The molecule has 3 heterocycles. The van der Waals surface area contributed by atoms with Crippen molar-refractivity contribution in [3.05, 3.63) is 68.1 Å². The molecule has 4 aromatic rings. The van der Waals surface area contributed by atoms with Gasteiger partial charge in [0.1, 0.15) is 0 Å². The van der Waals surface area contributed by atoms with E-state index in [1.807, 2.05) is 43.4 Å². The maximum absolute atomic E-state index is 13.2. The Kier molecular flexibility index (Phi) is 4.87. The number of aryl methyl sites for hydroxylation is 2. The summed E-state index contributed by atoms with van der Waals surface area (Å²) >= 11 is 0. The van der Waals surface area contributed by atoms with E-state index in [0.717, 1.165) is 17.0 Å². The van der Waals surface area contributed by atoms with E-state index in [4.69, 9.17) is 9.72 Å². The summed E-state index contributed by atoms with van der Waals surface area (Å²) in [5.74, 6) is 0.661. The molecule has 4 rings (SSSR count). The standard InChI is InChI=1S/C21H25N5O3/c1-5-29-12-11-24-19(27)17-18(23(4)21(24)28)22-20-25(14(2)15(3)26(17)20)13-16-9-7-6-8-10-16/h6-10H,5,11-13H2,1-4H3. The van der Waals surface area contributed by atoms with Crippen molar-refractivity contribution in [2.75, 3.05) is 13.2 Å². The summed E-state index contributed by atoms with van der Waals surface area (Å²) in [6, 6.07) is 10.1. The van der Waals surface area contributed by atoms with Crippen LogP contribution in [0.3, 0.4) is 0 Å².